The summed E-state index contributed by atoms with van der Waals surface area (Å²) in [5, 5.41) is 14.1. The number of carboxylic acid groups (broad SMARTS) is 1. The van der Waals surface area contributed by atoms with E-state index in [0.717, 1.165) is 30.2 Å². The second-order valence-electron chi connectivity index (χ2n) is 8.03. The van der Waals surface area contributed by atoms with Gasteiger partial charge in [-0.3, -0.25) is 0 Å². The first kappa shape index (κ1) is 20.4. The van der Waals surface area contributed by atoms with Crippen LogP contribution >= 0.6 is 0 Å². The fraction of sp³-hybridized carbons (Fsp3) is 0.320. The van der Waals surface area contributed by atoms with Gasteiger partial charge in [-0.25, -0.2) is 9.18 Å². The molecule has 5 heteroatoms. The Hall–Kier alpha value is -2.92. The van der Waals surface area contributed by atoms with Crippen LogP contribution in [0.5, 0.6) is 5.75 Å². The first-order chi connectivity index (χ1) is 14.5. The molecule has 0 unspecified atom stereocenters. The van der Waals surface area contributed by atoms with Gasteiger partial charge in [0.15, 0.2) is 6.61 Å². The number of aliphatic carboxylic acids is 1. The van der Waals surface area contributed by atoms with Gasteiger partial charge in [0.25, 0.3) is 0 Å². The van der Waals surface area contributed by atoms with Gasteiger partial charge >= 0.3 is 5.97 Å². The molecule has 1 saturated carbocycles. The standard InChI is InChI=1S/C25H26FNO3/c1-16(21-12-13-24(26)23-5-3-2-4-22(21)23)27-19-9-6-18(14-19)17-7-10-20(11-8-17)30-15-25(28)29/h2-5,7-8,10-13,16,18-19,27H,6,9,14-15H2,1H3,(H,28,29)/t16-,18-,19+/m1/s1. The molecule has 1 aliphatic carbocycles. The zero-order valence-electron chi connectivity index (χ0n) is 17.0. The van der Waals surface area contributed by atoms with Crippen molar-refractivity contribution in [2.24, 2.45) is 0 Å². The minimum atomic E-state index is -0.980. The molecule has 2 N–H and O–H groups in total. The zero-order chi connectivity index (χ0) is 21.1. The highest BCUT2D eigenvalue weighted by molar-refractivity contribution is 5.86. The summed E-state index contributed by atoms with van der Waals surface area (Å²) < 4.78 is 19.3. The fourth-order valence-electron chi connectivity index (χ4n) is 4.52. The van der Waals surface area contributed by atoms with Crippen molar-refractivity contribution in [3.63, 3.8) is 0 Å². The lowest BCUT2D eigenvalue weighted by Crippen LogP contribution is -2.29. The van der Waals surface area contributed by atoms with Crippen LogP contribution < -0.4 is 10.1 Å². The highest BCUT2D eigenvalue weighted by Gasteiger charge is 2.27. The molecule has 156 valence electrons. The van der Waals surface area contributed by atoms with E-state index in [9.17, 15) is 9.18 Å². The molecule has 0 amide bonds. The van der Waals surface area contributed by atoms with Gasteiger partial charge in [-0.15, -0.1) is 0 Å². The summed E-state index contributed by atoms with van der Waals surface area (Å²) in [6, 6.07) is 19.3. The van der Waals surface area contributed by atoms with E-state index >= 15 is 0 Å². The number of ether oxygens (including phenoxy) is 1. The Kier molecular flexibility index (Phi) is 6.00. The molecule has 0 spiro atoms. The molecule has 0 bridgehead atoms. The SMILES string of the molecule is C[C@@H](N[C@H]1CC[C@@H](c2ccc(OCC(=O)O)cc2)C1)c1ccc(F)c2ccccc12. The summed E-state index contributed by atoms with van der Waals surface area (Å²) in [5.74, 6) is -0.121. The van der Waals surface area contributed by atoms with Crippen LogP contribution in [-0.2, 0) is 4.79 Å². The molecular weight excluding hydrogens is 381 g/mol. The molecule has 1 fully saturated rings. The van der Waals surface area contributed by atoms with E-state index in [1.807, 2.05) is 54.6 Å². The lowest BCUT2D eigenvalue weighted by molar-refractivity contribution is -0.139. The van der Waals surface area contributed by atoms with Gasteiger partial charge < -0.3 is 15.2 Å². The number of carboxylic acids is 1. The minimum Gasteiger partial charge on any atom is -0.482 e. The number of rotatable bonds is 7. The second kappa shape index (κ2) is 8.84. The minimum absolute atomic E-state index is 0.131. The molecule has 30 heavy (non-hydrogen) atoms. The second-order valence-corrected chi connectivity index (χ2v) is 8.03. The molecule has 4 rings (SSSR count). The van der Waals surface area contributed by atoms with Crippen molar-refractivity contribution in [3.8, 4) is 5.75 Å². The first-order valence-corrected chi connectivity index (χ1v) is 10.4. The van der Waals surface area contributed by atoms with Crippen molar-refractivity contribution in [1.29, 1.82) is 0 Å². The van der Waals surface area contributed by atoms with Crippen LogP contribution in [0.15, 0.2) is 60.7 Å². The van der Waals surface area contributed by atoms with Crippen molar-refractivity contribution in [1.82, 2.24) is 5.32 Å². The summed E-state index contributed by atoms with van der Waals surface area (Å²) in [7, 11) is 0. The van der Waals surface area contributed by atoms with Gasteiger partial charge in [0.1, 0.15) is 11.6 Å². The van der Waals surface area contributed by atoms with Gasteiger partial charge in [-0.1, -0.05) is 42.5 Å². The number of fused-ring (bicyclic) bond motifs is 1. The molecule has 0 heterocycles. The fourth-order valence-corrected chi connectivity index (χ4v) is 4.52. The topological polar surface area (TPSA) is 58.6 Å². The maximum atomic E-state index is 14.1. The van der Waals surface area contributed by atoms with Gasteiger partial charge in [0.2, 0.25) is 0 Å². The Morgan fingerprint density at radius 2 is 1.83 bits per heavy atom. The van der Waals surface area contributed by atoms with E-state index < -0.39 is 5.97 Å². The predicted octanol–water partition coefficient (Wildman–Crippen LogP) is 5.43. The van der Waals surface area contributed by atoms with Crippen molar-refractivity contribution in [3.05, 3.63) is 77.6 Å². The van der Waals surface area contributed by atoms with E-state index in [1.54, 1.807) is 6.07 Å². The third-order valence-corrected chi connectivity index (χ3v) is 6.00. The van der Waals surface area contributed by atoms with Crippen LogP contribution in [0.25, 0.3) is 10.8 Å². The summed E-state index contributed by atoms with van der Waals surface area (Å²) in [6.07, 6.45) is 3.23. The van der Waals surface area contributed by atoms with Crippen LogP contribution in [0.4, 0.5) is 4.39 Å². The summed E-state index contributed by atoms with van der Waals surface area (Å²) in [4.78, 5) is 10.6. The van der Waals surface area contributed by atoms with E-state index in [1.165, 1.54) is 5.56 Å². The monoisotopic (exact) mass is 407 g/mol. The number of hydrogen-bond acceptors (Lipinski definition) is 3. The van der Waals surface area contributed by atoms with Crippen LogP contribution in [0.1, 0.15) is 49.3 Å². The van der Waals surface area contributed by atoms with Crippen LogP contribution in [0, 0.1) is 5.82 Å². The third-order valence-electron chi connectivity index (χ3n) is 6.00. The highest BCUT2D eigenvalue weighted by Crippen LogP contribution is 2.36. The van der Waals surface area contributed by atoms with Crippen LogP contribution in [-0.4, -0.2) is 23.7 Å². The normalized spacial score (nSPS) is 19.7. The number of carbonyl (C=O) groups is 1. The largest absolute Gasteiger partial charge is 0.482 e. The lowest BCUT2D eigenvalue weighted by atomic mass is 9.96. The molecule has 3 aromatic rings. The molecule has 4 nitrogen and oxygen atoms in total. The van der Waals surface area contributed by atoms with Crippen molar-refractivity contribution in [2.75, 3.05) is 6.61 Å². The number of nitrogens with one attached hydrogen (secondary N) is 1. The molecule has 3 atom stereocenters. The smallest absolute Gasteiger partial charge is 0.341 e. The van der Waals surface area contributed by atoms with E-state index in [4.69, 9.17) is 9.84 Å². The number of hydrogen-bond donors (Lipinski definition) is 2. The van der Waals surface area contributed by atoms with Gasteiger partial charge in [0.05, 0.1) is 0 Å². The van der Waals surface area contributed by atoms with Crippen molar-refractivity contribution >= 4 is 16.7 Å². The van der Waals surface area contributed by atoms with E-state index in [-0.39, 0.29) is 18.5 Å². The van der Waals surface area contributed by atoms with Crippen molar-refractivity contribution in [2.45, 2.75) is 44.2 Å². The number of benzene rings is 3. The maximum absolute atomic E-state index is 14.1. The Morgan fingerprint density at radius 1 is 1.10 bits per heavy atom. The van der Waals surface area contributed by atoms with Crippen LogP contribution in [0.3, 0.4) is 0 Å². The molecule has 0 aromatic heterocycles. The van der Waals surface area contributed by atoms with Gasteiger partial charge in [-0.05, 0) is 66.8 Å². The lowest BCUT2D eigenvalue weighted by Gasteiger charge is -2.22. The number of halogens is 1. The van der Waals surface area contributed by atoms with Crippen LogP contribution in [0.2, 0.25) is 0 Å². The average molecular weight is 407 g/mol. The molecule has 1 aliphatic rings. The Balaban J connectivity index is 1.39. The quantitative estimate of drug-likeness (QED) is 0.548. The average Bonchev–Trinajstić information content (AvgIpc) is 3.21. The highest BCUT2D eigenvalue weighted by atomic mass is 19.1. The Morgan fingerprint density at radius 3 is 2.57 bits per heavy atom. The molecule has 3 aromatic carbocycles. The molecule has 0 radical (unpaired) electrons. The van der Waals surface area contributed by atoms with Gasteiger partial charge in [0, 0.05) is 17.5 Å². The Labute approximate surface area is 175 Å². The summed E-state index contributed by atoms with van der Waals surface area (Å²) >= 11 is 0. The molecule has 0 saturated heterocycles. The van der Waals surface area contributed by atoms with E-state index in [2.05, 4.69) is 12.2 Å². The first-order valence-electron chi connectivity index (χ1n) is 10.4. The van der Waals surface area contributed by atoms with Crippen molar-refractivity contribution < 1.29 is 19.0 Å². The molecular formula is C25H26FNO3. The summed E-state index contributed by atoms with van der Waals surface area (Å²) in [5.41, 5.74) is 2.37. The molecule has 0 aliphatic heterocycles. The summed E-state index contributed by atoms with van der Waals surface area (Å²) in [6.45, 7) is 1.81. The third kappa shape index (κ3) is 4.46. The van der Waals surface area contributed by atoms with E-state index in [0.29, 0.717) is 23.1 Å². The predicted molar refractivity (Wildman–Crippen MR) is 115 cm³/mol. The Bertz CT molecular complexity index is 1030. The van der Waals surface area contributed by atoms with Gasteiger partial charge in [-0.2, -0.15) is 0 Å². The zero-order valence-corrected chi connectivity index (χ0v) is 17.0. The maximum Gasteiger partial charge on any atom is 0.341 e.